The second-order valence-electron chi connectivity index (χ2n) is 8.07. The molecular formula is C26H27ClFN3O5S. The summed E-state index contributed by atoms with van der Waals surface area (Å²) in [6, 6.07) is 16.2. The zero-order chi connectivity index (χ0) is 27.0. The Morgan fingerprint density at radius 2 is 1.73 bits per heavy atom. The van der Waals surface area contributed by atoms with Gasteiger partial charge in [-0.25, -0.2) is 17.6 Å². The highest BCUT2D eigenvalue weighted by molar-refractivity contribution is 7.90. The van der Waals surface area contributed by atoms with Gasteiger partial charge in [-0.05, 0) is 55.0 Å². The van der Waals surface area contributed by atoms with E-state index in [1.165, 1.54) is 23.1 Å². The van der Waals surface area contributed by atoms with Gasteiger partial charge in [0.2, 0.25) is 5.91 Å². The molecule has 196 valence electrons. The predicted molar refractivity (Wildman–Crippen MR) is 142 cm³/mol. The van der Waals surface area contributed by atoms with Crippen molar-refractivity contribution in [2.45, 2.75) is 11.8 Å². The molecule has 3 amide bonds. The van der Waals surface area contributed by atoms with Crippen LogP contribution < -0.4 is 10.6 Å². The molecule has 11 heteroatoms. The third-order valence-electron chi connectivity index (χ3n) is 5.27. The summed E-state index contributed by atoms with van der Waals surface area (Å²) in [4.78, 5) is 26.8. The molecule has 0 heterocycles. The molecule has 3 aromatic rings. The third kappa shape index (κ3) is 8.01. The van der Waals surface area contributed by atoms with E-state index >= 15 is 0 Å². The number of anilines is 2. The van der Waals surface area contributed by atoms with Gasteiger partial charge in [-0.15, -0.1) is 0 Å². The average molecular weight is 548 g/mol. The number of ether oxygens (including phenoxy) is 1. The molecule has 0 spiro atoms. The van der Waals surface area contributed by atoms with E-state index < -0.39 is 27.6 Å². The lowest BCUT2D eigenvalue weighted by Crippen LogP contribution is -2.42. The number of hydrogen-bond donors (Lipinski definition) is 2. The number of carbonyl (C=O) groups excluding carboxylic acids is 2. The van der Waals surface area contributed by atoms with Crippen LogP contribution in [0.5, 0.6) is 0 Å². The molecule has 0 unspecified atom stereocenters. The Morgan fingerprint density at radius 3 is 2.38 bits per heavy atom. The monoisotopic (exact) mass is 547 g/mol. The molecular weight excluding hydrogens is 521 g/mol. The first-order valence-corrected chi connectivity index (χ1v) is 13.6. The van der Waals surface area contributed by atoms with Crippen LogP contribution in [0, 0.1) is 5.82 Å². The Hall–Kier alpha value is -3.47. The first-order chi connectivity index (χ1) is 17.6. The number of benzene rings is 3. The molecule has 0 aliphatic rings. The van der Waals surface area contributed by atoms with E-state index in [-0.39, 0.29) is 30.3 Å². The summed E-state index contributed by atoms with van der Waals surface area (Å²) >= 11 is 5.88. The van der Waals surface area contributed by atoms with Crippen molar-refractivity contribution < 1.29 is 27.1 Å². The van der Waals surface area contributed by atoms with Crippen LogP contribution in [0.1, 0.15) is 6.92 Å². The van der Waals surface area contributed by atoms with Gasteiger partial charge in [-0.2, -0.15) is 0 Å². The van der Waals surface area contributed by atoms with Crippen molar-refractivity contribution >= 4 is 44.8 Å². The summed E-state index contributed by atoms with van der Waals surface area (Å²) in [5.41, 5.74) is 1.08. The van der Waals surface area contributed by atoms with Gasteiger partial charge in [0, 0.05) is 35.7 Å². The van der Waals surface area contributed by atoms with E-state index in [0.29, 0.717) is 28.4 Å². The maximum Gasteiger partial charge on any atom is 0.322 e. The fraction of sp³-hybridized carbons (Fsp3) is 0.231. The molecule has 3 aromatic carbocycles. The van der Waals surface area contributed by atoms with E-state index in [4.69, 9.17) is 16.3 Å². The van der Waals surface area contributed by atoms with Crippen molar-refractivity contribution in [1.29, 1.82) is 0 Å². The van der Waals surface area contributed by atoms with Gasteiger partial charge in [-0.3, -0.25) is 4.79 Å². The van der Waals surface area contributed by atoms with Crippen LogP contribution in [0.4, 0.5) is 20.6 Å². The van der Waals surface area contributed by atoms with E-state index in [0.717, 1.165) is 12.3 Å². The number of sulfone groups is 1. The predicted octanol–water partition coefficient (Wildman–Crippen LogP) is 5.06. The molecule has 3 rings (SSSR count). The van der Waals surface area contributed by atoms with Crippen LogP contribution >= 0.6 is 11.6 Å². The fourth-order valence-corrected chi connectivity index (χ4v) is 4.52. The molecule has 0 bridgehead atoms. The van der Waals surface area contributed by atoms with E-state index in [9.17, 15) is 22.4 Å². The second-order valence-corrected chi connectivity index (χ2v) is 10.5. The van der Waals surface area contributed by atoms with Crippen LogP contribution in [-0.4, -0.2) is 57.8 Å². The zero-order valence-electron chi connectivity index (χ0n) is 20.3. The highest BCUT2D eigenvalue weighted by Crippen LogP contribution is 2.29. The highest BCUT2D eigenvalue weighted by atomic mass is 35.5. The van der Waals surface area contributed by atoms with Gasteiger partial charge in [0.15, 0.2) is 9.84 Å². The van der Waals surface area contributed by atoms with Crippen molar-refractivity contribution in [2.75, 3.05) is 43.2 Å². The molecule has 0 fully saturated rings. The van der Waals surface area contributed by atoms with Gasteiger partial charge >= 0.3 is 6.03 Å². The standard InChI is InChI=1S/C26H27ClFN3O5S/c1-3-36-15-14-31(26(33)29-20-11-9-19(27)10-12-20)17-25(32)30-23-13-8-18(16-22(23)28)21-6-4-5-7-24(21)37(2,34)35/h4-13,16H,3,14-15,17H2,1-2H3,(H,29,33)(H,30,32). The summed E-state index contributed by atoms with van der Waals surface area (Å²) in [6.45, 7) is 2.24. The van der Waals surface area contributed by atoms with Crippen molar-refractivity contribution in [1.82, 2.24) is 4.90 Å². The average Bonchev–Trinajstić information content (AvgIpc) is 2.85. The minimum Gasteiger partial charge on any atom is -0.380 e. The summed E-state index contributed by atoms with van der Waals surface area (Å²) < 4.78 is 44.4. The molecule has 0 aliphatic heterocycles. The van der Waals surface area contributed by atoms with Crippen LogP contribution in [0.2, 0.25) is 5.02 Å². The number of rotatable bonds is 10. The Bertz CT molecular complexity index is 1370. The topological polar surface area (TPSA) is 105 Å². The summed E-state index contributed by atoms with van der Waals surface area (Å²) in [7, 11) is -3.53. The Kier molecular flexibility index (Phi) is 9.62. The Balaban J connectivity index is 1.73. The SMILES string of the molecule is CCOCCN(CC(=O)Nc1ccc(-c2ccccc2S(C)(=O)=O)cc1F)C(=O)Nc1ccc(Cl)cc1. The van der Waals surface area contributed by atoms with Gasteiger partial charge in [0.25, 0.3) is 0 Å². The van der Waals surface area contributed by atoms with Gasteiger partial charge in [0.1, 0.15) is 12.4 Å². The molecule has 0 saturated carbocycles. The van der Waals surface area contributed by atoms with Crippen LogP contribution in [0.3, 0.4) is 0 Å². The van der Waals surface area contributed by atoms with Crippen molar-refractivity contribution in [3.63, 3.8) is 0 Å². The molecule has 0 radical (unpaired) electrons. The maximum atomic E-state index is 14.9. The van der Waals surface area contributed by atoms with Crippen molar-refractivity contribution in [3.8, 4) is 11.1 Å². The summed E-state index contributed by atoms with van der Waals surface area (Å²) in [6.07, 6.45) is 1.08. The van der Waals surface area contributed by atoms with Gasteiger partial charge in [-0.1, -0.05) is 35.9 Å². The number of halogens is 2. The second kappa shape index (κ2) is 12.7. The number of carbonyl (C=O) groups is 2. The van der Waals surface area contributed by atoms with E-state index in [2.05, 4.69) is 10.6 Å². The first kappa shape index (κ1) is 28.1. The highest BCUT2D eigenvalue weighted by Gasteiger charge is 2.19. The molecule has 0 atom stereocenters. The molecule has 8 nitrogen and oxygen atoms in total. The molecule has 0 saturated heterocycles. The lowest BCUT2D eigenvalue weighted by molar-refractivity contribution is -0.116. The fourth-order valence-electron chi connectivity index (χ4n) is 3.48. The first-order valence-electron chi connectivity index (χ1n) is 11.4. The van der Waals surface area contributed by atoms with E-state index in [1.54, 1.807) is 42.5 Å². The van der Waals surface area contributed by atoms with Crippen molar-refractivity contribution in [2.24, 2.45) is 0 Å². The number of urea groups is 1. The Morgan fingerprint density at radius 1 is 1.03 bits per heavy atom. The third-order valence-corrected chi connectivity index (χ3v) is 6.67. The maximum absolute atomic E-state index is 14.9. The number of amides is 3. The Labute approximate surface area is 220 Å². The quantitative estimate of drug-likeness (QED) is 0.345. The number of hydrogen-bond acceptors (Lipinski definition) is 5. The normalized spacial score (nSPS) is 11.1. The van der Waals surface area contributed by atoms with Crippen molar-refractivity contribution in [3.05, 3.63) is 77.6 Å². The lowest BCUT2D eigenvalue weighted by Gasteiger charge is -2.22. The molecule has 0 aromatic heterocycles. The molecule has 37 heavy (non-hydrogen) atoms. The molecule has 0 aliphatic carbocycles. The minimum absolute atomic E-state index is 0.0721. The lowest BCUT2D eigenvalue weighted by atomic mass is 10.0. The minimum atomic E-state index is -3.53. The number of nitrogens with zero attached hydrogens (tertiary/aromatic N) is 1. The van der Waals surface area contributed by atoms with Crippen LogP contribution in [0.15, 0.2) is 71.6 Å². The van der Waals surface area contributed by atoms with Crippen LogP contribution in [-0.2, 0) is 19.4 Å². The van der Waals surface area contributed by atoms with Gasteiger partial charge in [0.05, 0.1) is 17.2 Å². The number of nitrogens with one attached hydrogen (secondary N) is 2. The smallest absolute Gasteiger partial charge is 0.322 e. The molecule has 2 N–H and O–H groups in total. The van der Waals surface area contributed by atoms with Crippen LogP contribution in [0.25, 0.3) is 11.1 Å². The summed E-state index contributed by atoms with van der Waals surface area (Å²) in [5.74, 6) is -1.37. The van der Waals surface area contributed by atoms with Gasteiger partial charge < -0.3 is 20.3 Å². The summed E-state index contributed by atoms with van der Waals surface area (Å²) in [5, 5.41) is 5.67. The van der Waals surface area contributed by atoms with E-state index in [1.807, 2.05) is 6.92 Å². The zero-order valence-corrected chi connectivity index (χ0v) is 21.9. The largest absolute Gasteiger partial charge is 0.380 e.